The molecule has 3 atom stereocenters. The van der Waals surface area contributed by atoms with Crippen molar-refractivity contribution in [3.63, 3.8) is 0 Å². The maximum Gasteiger partial charge on any atom is 0.246 e. The largest absolute Gasteiger partial charge is 0.354 e. The van der Waals surface area contributed by atoms with E-state index in [1.54, 1.807) is 7.05 Å². The van der Waals surface area contributed by atoms with Gasteiger partial charge < -0.3 is 25.8 Å². The van der Waals surface area contributed by atoms with Crippen molar-refractivity contribution in [2.45, 2.75) is 83.0 Å². The number of rotatable bonds is 15. The summed E-state index contributed by atoms with van der Waals surface area (Å²) in [5.74, 6) is -3.26. The highest BCUT2D eigenvalue weighted by Crippen LogP contribution is 2.23. The maximum atomic E-state index is 14.6. The predicted molar refractivity (Wildman–Crippen MR) is 199 cm³/mol. The van der Waals surface area contributed by atoms with Crippen molar-refractivity contribution in [2.24, 2.45) is 5.73 Å². The molecular weight excluding hydrogens is 648 g/mol. The van der Waals surface area contributed by atoms with E-state index in [9.17, 15) is 23.2 Å². The van der Waals surface area contributed by atoms with Gasteiger partial charge in [-0.25, -0.2) is 8.78 Å². The van der Waals surface area contributed by atoms with Gasteiger partial charge in [0.1, 0.15) is 12.1 Å². The number of nitrogens with one attached hydrogen (secondary N) is 1. The SMILES string of the molecule is C/C(=C\C(=O)N(C)[C@H](Cc1ccc(-c2ccccc2)cc1)C(=O)N(C)[C@H](Cc1ccc(F)c(F)c1)C(=O)NCCC1CCCN1C)CC(C)(C)N. The molecule has 10 heteroatoms. The summed E-state index contributed by atoms with van der Waals surface area (Å²) in [5.41, 5.74) is 9.71. The molecule has 3 N–H and O–H groups in total. The Hall–Kier alpha value is -4.41. The Morgan fingerprint density at radius 2 is 1.55 bits per heavy atom. The Morgan fingerprint density at radius 3 is 2.16 bits per heavy atom. The first kappa shape index (κ1) is 39.4. The van der Waals surface area contributed by atoms with Crippen molar-refractivity contribution < 1.29 is 23.2 Å². The van der Waals surface area contributed by atoms with E-state index in [1.807, 2.05) is 75.4 Å². The molecule has 1 aliphatic rings. The predicted octanol–water partition coefficient (Wildman–Crippen LogP) is 5.75. The van der Waals surface area contributed by atoms with E-state index in [-0.39, 0.29) is 18.7 Å². The van der Waals surface area contributed by atoms with Gasteiger partial charge in [0, 0.05) is 51.1 Å². The Morgan fingerprint density at radius 1 is 0.922 bits per heavy atom. The quantitative estimate of drug-likeness (QED) is 0.197. The molecule has 3 amide bonds. The number of amides is 3. The molecule has 3 aromatic carbocycles. The molecule has 0 aromatic heterocycles. The van der Waals surface area contributed by atoms with Crippen LogP contribution in [0.3, 0.4) is 0 Å². The molecule has 1 unspecified atom stereocenters. The number of nitrogens with two attached hydrogens (primary N) is 1. The lowest BCUT2D eigenvalue weighted by atomic mass is 9.96. The highest BCUT2D eigenvalue weighted by Gasteiger charge is 2.35. The second-order valence-electron chi connectivity index (χ2n) is 14.7. The topological polar surface area (TPSA) is 99.0 Å². The number of benzene rings is 3. The van der Waals surface area contributed by atoms with Gasteiger partial charge in [-0.05, 0) is 94.4 Å². The van der Waals surface area contributed by atoms with Gasteiger partial charge in [-0.15, -0.1) is 0 Å². The fourth-order valence-corrected chi connectivity index (χ4v) is 6.82. The molecule has 51 heavy (non-hydrogen) atoms. The third kappa shape index (κ3) is 11.3. The van der Waals surface area contributed by atoms with Crippen molar-refractivity contribution in [2.75, 3.05) is 34.2 Å². The van der Waals surface area contributed by atoms with E-state index >= 15 is 0 Å². The highest BCUT2D eigenvalue weighted by molar-refractivity contribution is 5.95. The minimum atomic E-state index is -1.05. The fourth-order valence-electron chi connectivity index (χ4n) is 6.82. The van der Waals surface area contributed by atoms with Gasteiger partial charge >= 0.3 is 0 Å². The zero-order chi connectivity index (χ0) is 37.3. The second-order valence-corrected chi connectivity index (χ2v) is 14.7. The zero-order valence-corrected chi connectivity index (χ0v) is 30.8. The first-order valence-corrected chi connectivity index (χ1v) is 17.7. The van der Waals surface area contributed by atoms with Crippen LogP contribution in [0.5, 0.6) is 0 Å². The van der Waals surface area contributed by atoms with E-state index in [0.29, 0.717) is 24.6 Å². The van der Waals surface area contributed by atoms with Crippen LogP contribution < -0.4 is 11.1 Å². The number of carbonyl (C=O) groups excluding carboxylic acids is 3. The number of likely N-dealkylation sites (tertiary alicyclic amines) is 1. The van der Waals surface area contributed by atoms with Crippen molar-refractivity contribution >= 4 is 17.7 Å². The molecular formula is C41H53F2N5O3. The summed E-state index contributed by atoms with van der Waals surface area (Å²) < 4.78 is 28.1. The van der Waals surface area contributed by atoms with Crippen molar-refractivity contribution in [3.8, 4) is 11.1 Å². The molecule has 1 saturated heterocycles. The van der Waals surface area contributed by atoms with Crippen LogP contribution in [0.1, 0.15) is 57.6 Å². The minimum Gasteiger partial charge on any atom is -0.354 e. The smallest absolute Gasteiger partial charge is 0.246 e. The van der Waals surface area contributed by atoms with E-state index in [0.717, 1.165) is 60.2 Å². The molecule has 0 aliphatic carbocycles. The van der Waals surface area contributed by atoms with Crippen LogP contribution in [0.2, 0.25) is 0 Å². The van der Waals surface area contributed by atoms with Gasteiger partial charge in [0.25, 0.3) is 0 Å². The molecule has 0 spiro atoms. The number of likely N-dealkylation sites (N-methyl/N-ethyl adjacent to an activating group) is 2. The number of hydrogen-bond donors (Lipinski definition) is 2. The summed E-state index contributed by atoms with van der Waals surface area (Å²) in [5, 5.41) is 2.99. The summed E-state index contributed by atoms with van der Waals surface area (Å²) in [6.45, 7) is 7.00. The molecule has 0 radical (unpaired) electrons. The van der Waals surface area contributed by atoms with Gasteiger partial charge in [0.2, 0.25) is 17.7 Å². The van der Waals surface area contributed by atoms with E-state index in [1.165, 1.54) is 29.0 Å². The first-order valence-electron chi connectivity index (χ1n) is 17.7. The van der Waals surface area contributed by atoms with Crippen LogP contribution in [0, 0.1) is 11.6 Å². The standard InChI is InChI=1S/C41H53F2N5O3/c1-28(27-41(2,3)44)23-38(49)47(5)37(25-29-14-17-32(18-15-29)31-11-8-7-9-12-31)40(51)48(6)36(26-30-16-19-34(42)35(43)24-30)39(50)45-21-20-33-13-10-22-46(33)4/h7-9,11-12,14-19,23-24,33,36-37H,10,13,20-22,25-27,44H2,1-6H3,(H,45,50)/b28-23+/t33?,36-,37-/m1/s1. The van der Waals surface area contributed by atoms with E-state index in [4.69, 9.17) is 5.73 Å². The molecule has 4 rings (SSSR count). The molecule has 1 aliphatic heterocycles. The molecule has 0 bridgehead atoms. The fraction of sp³-hybridized carbons (Fsp3) is 0.439. The molecule has 3 aromatic rings. The summed E-state index contributed by atoms with van der Waals surface area (Å²) >= 11 is 0. The molecule has 274 valence electrons. The van der Waals surface area contributed by atoms with Crippen molar-refractivity contribution in [3.05, 3.63) is 107 Å². The van der Waals surface area contributed by atoms with E-state index < -0.39 is 41.1 Å². The summed E-state index contributed by atoms with van der Waals surface area (Å²) in [4.78, 5) is 47.1. The Labute approximate surface area is 301 Å². The normalized spacial score (nSPS) is 16.4. The summed E-state index contributed by atoms with van der Waals surface area (Å²) in [7, 11) is 5.18. The minimum absolute atomic E-state index is 0.0463. The zero-order valence-electron chi connectivity index (χ0n) is 30.8. The van der Waals surface area contributed by atoms with Gasteiger partial charge in [0.05, 0.1) is 0 Å². The van der Waals surface area contributed by atoms with Crippen LogP contribution in [-0.4, -0.2) is 90.3 Å². The Kier molecular flexibility index (Phi) is 13.7. The van der Waals surface area contributed by atoms with Crippen LogP contribution in [-0.2, 0) is 27.2 Å². The van der Waals surface area contributed by atoms with Gasteiger partial charge in [-0.1, -0.05) is 66.2 Å². The second kappa shape index (κ2) is 17.7. The van der Waals surface area contributed by atoms with Crippen molar-refractivity contribution in [1.82, 2.24) is 20.0 Å². The molecule has 8 nitrogen and oxygen atoms in total. The van der Waals surface area contributed by atoms with Crippen LogP contribution >= 0.6 is 0 Å². The molecule has 1 fully saturated rings. The monoisotopic (exact) mass is 701 g/mol. The number of carbonyl (C=O) groups is 3. The number of nitrogens with zero attached hydrogens (tertiary/aromatic N) is 3. The van der Waals surface area contributed by atoms with Crippen LogP contribution in [0.15, 0.2) is 84.4 Å². The average molecular weight is 702 g/mol. The summed E-state index contributed by atoms with van der Waals surface area (Å²) in [6.07, 6.45) is 5.03. The van der Waals surface area contributed by atoms with Gasteiger partial charge in [-0.3, -0.25) is 14.4 Å². The lowest BCUT2D eigenvalue weighted by Crippen LogP contribution is -2.56. The Bertz CT molecular complexity index is 1670. The molecule has 0 saturated carbocycles. The van der Waals surface area contributed by atoms with Crippen molar-refractivity contribution in [1.29, 1.82) is 0 Å². The third-order valence-electron chi connectivity index (χ3n) is 9.67. The summed E-state index contributed by atoms with van der Waals surface area (Å²) in [6, 6.07) is 19.6. The van der Waals surface area contributed by atoms with Gasteiger partial charge in [-0.2, -0.15) is 0 Å². The molecule has 1 heterocycles. The van der Waals surface area contributed by atoms with Crippen LogP contribution in [0.25, 0.3) is 11.1 Å². The first-order chi connectivity index (χ1) is 24.1. The Balaban J connectivity index is 1.63. The average Bonchev–Trinajstić information content (AvgIpc) is 3.50. The van der Waals surface area contributed by atoms with E-state index in [2.05, 4.69) is 17.3 Å². The number of hydrogen-bond acceptors (Lipinski definition) is 5. The maximum absolute atomic E-state index is 14.6. The number of halogens is 2. The third-order valence-corrected chi connectivity index (χ3v) is 9.67. The van der Waals surface area contributed by atoms with Crippen LogP contribution in [0.4, 0.5) is 8.78 Å². The lowest BCUT2D eigenvalue weighted by Gasteiger charge is -2.34. The highest BCUT2D eigenvalue weighted by atomic mass is 19.2. The van der Waals surface area contributed by atoms with Gasteiger partial charge in [0.15, 0.2) is 11.6 Å². The lowest BCUT2D eigenvalue weighted by molar-refractivity contribution is -0.146.